The molecular weight excluding hydrogens is 268 g/mol. The Balaban J connectivity index is 1.82. The molecule has 0 saturated heterocycles. The number of nitrogens with zero attached hydrogens (tertiary/aromatic N) is 3. The van der Waals surface area contributed by atoms with Gasteiger partial charge in [-0.25, -0.2) is 4.98 Å². The van der Waals surface area contributed by atoms with E-state index in [1.165, 1.54) is 0 Å². The van der Waals surface area contributed by atoms with Crippen LogP contribution < -0.4 is 14.8 Å². The van der Waals surface area contributed by atoms with Crippen molar-refractivity contribution in [1.29, 1.82) is 0 Å². The minimum absolute atomic E-state index is 0.630. The highest BCUT2D eigenvalue weighted by molar-refractivity contribution is 5.42. The van der Waals surface area contributed by atoms with E-state index in [1.807, 2.05) is 32.2 Å². The third-order valence-corrected chi connectivity index (χ3v) is 3.03. The predicted octanol–water partition coefficient (Wildman–Crippen LogP) is 1.55. The van der Waals surface area contributed by atoms with Crippen molar-refractivity contribution in [1.82, 2.24) is 20.1 Å². The first kappa shape index (κ1) is 15.3. The van der Waals surface area contributed by atoms with Crippen LogP contribution in [0.1, 0.15) is 18.3 Å². The van der Waals surface area contributed by atoms with Gasteiger partial charge in [-0.2, -0.15) is 5.10 Å². The fourth-order valence-electron chi connectivity index (χ4n) is 2.03. The summed E-state index contributed by atoms with van der Waals surface area (Å²) < 4.78 is 12.6. The molecule has 2 rings (SSSR count). The third-order valence-electron chi connectivity index (χ3n) is 3.03. The summed E-state index contributed by atoms with van der Waals surface area (Å²) in [5.41, 5.74) is 1.16. The summed E-state index contributed by atoms with van der Waals surface area (Å²) in [5, 5.41) is 7.62. The van der Waals surface area contributed by atoms with Crippen LogP contribution in [-0.2, 0) is 20.0 Å². The Morgan fingerprint density at radius 1 is 1.29 bits per heavy atom. The van der Waals surface area contributed by atoms with Gasteiger partial charge in [0.05, 0.1) is 13.7 Å². The number of aromatic nitrogens is 3. The van der Waals surface area contributed by atoms with Crippen LogP contribution in [0.5, 0.6) is 11.5 Å². The van der Waals surface area contributed by atoms with Gasteiger partial charge in [0.2, 0.25) is 0 Å². The number of hydrogen-bond acceptors (Lipinski definition) is 5. The van der Waals surface area contributed by atoms with E-state index in [0.29, 0.717) is 6.61 Å². The maximum Gasteiger partial charge on any atom is 0.161 e. The topological polar surface area (TPSA) is 61.2 Å². The minimum Gasteiger partial charge on any atom is -0.493 e. The Morgan fingerprint density at radius 2 is 2.14 bits per heavy atom. The lowest BCUT2D eigenvalue weighted by Gasteiger charge is -2.11. The fraction of sp³-hybridized carbons (Fsp3) is 0.467. The number of ether oxygens (including phenoxy) is 2. The minimum atomic E-state index is 0.630. The Labute approximate surface area is 125 Å². The molecule has 2 aromatic rings. The molecule has 0 spiro atoms. The second-order valence-electron chi connectivity index (χ2n) is 4.68. The Morgan fingerprint density at radius 3 is 2.81 bits per heavy atom. The molecule has 0 aliphatic rings. The van der Waals surface area contributed by atoms with E-state index >= 15 is 0 Å². The van der Waals surface area contributed by atoms with Crippen LogP contribution in [0.2, 0.25) is 0 Å². The van der Waals surface area contributed by atoms with E-state index in [4.69, 9.17) is 9.47 Å². The summed E-state index contributed by atoms with van der Waals surface area (Å²) in [4.78, 5) is 4.20. The molecule has 114 valence electrons. The summed E-state index contributed by atoms with van der Waals surface area (Å²) in [6.45, 7) is 4.20. The zero-order chi connectivity index (χ0) is 15.1. The number of rotatable bonds is 8. The van der Waals surface area contributed by atoms with Gasteiger partial charge in [-0.15, -0.1) is 0 Å². The zero-order valence-electron chi connectivity index (χ0n) is 12.8. The molecule has 1 aromatic carbocycles. The molecule has 0 fully saturated rings. The molecule has 0 atom stereocenters. The maximum atomic E-state index is 5.50. The molecule has 6 nitrogen and oxygen atoms in total. The van der Waals surface area contributed by atoms with Gasteiger partial charge < -0.3 is 14.8 Å². The van der Waals surface area contributed by atoms with Crippen LogP contribution in [0, 0.1) is 0 Å². The van der Waals surface area contributed by atoms with Gasteiger partial charge in [-0.1, -0.05) is 6.07 Å². The molecule has 1 aromatic heterocycles. The predicted molar refractivity (Wildman–Crippen MR) is 80.6 cm³/mol. The van der Waals surface area contributed by atoms with Gasteiger partial charge in [0.25, 0.3) is 0 Å². The van der Waals surface area contributed by atoms with Crippen LogP contribution in [0.3, 0.4) is 0 Å². The van der Waals surface area contributed by atoms with Crippen molar-refractivity contribution >= 4 is 0 Å². The molecule has 0 bridgehead atoms. The van der Waals surface area contributed by atoms with Crippen molar-refractivity contribution in [3.63, 3.8) is 0 Å². The van der Waals surface area contributed by atoms with Gasteiger partial charge in [0.1, 0.15) is 6.33 Å². The number of hydrogen-bond donors (Lipinski definition) is 1. The molecule has 0 amide bonds. The normalized spacial score (nSPS) is 10.6. The highest BCUT2D eigenvalue weighted by Gasteiger charge is 2.05. The lowest BCUT2D eigenvalue weighted by molar-refractivity contribution is 0.310. The largest absolute Gasteiger partial charge is 0.493 e. The van der Waals surface area contributed by atoms with Gasteiger partial charge in [0, 0.05) is 26.6 Å². The molecule has 0 aliphatic heterocycles. The molecular formula is C15H22N4O2. The highest BCUT2D eigenvalue weighted by Crippen LogP contribution is 2.27. The van der Waals surface area contributed by atoms with Crippen molar-refractivity contribution in [3.05, 3.63) is 35.9 Å². The second kappa shape index (κ2) is 7.64. The summed E-state index contributed by atoms with van der Waals surface area (Å²) in [7, 11) is 3.53. The molecule has 0 radical (unpaired) electrons. The van der Waals surface area contributed by atoms with Crippen molar-refractivity contribution in [2.45, 2.75) is 19.9 Å². The van der Waals surface area contributed by atoms with E-state index < -0.39 is 0 Å². The third kappa shape index (κ3) is 4.46. The fourth-order valence-corrected chi connectivity index (χ4v) is 2.03. The van der Waals surface area contributed by atoms with E-state index in [2.05, 4.69) is 15.4 Å². The number of aryl methyl sites for hydroxylation is 1. The van der Waals surface area contributed by atoms with Crippen LogP contribution >= 0.6 is 0 Å². The molecule has 21 heavy (non-hydrogen) atoms. The first-order chi connectivity index (χ1) is 10.2. The number of benzene rings is 1. The highest BCUT2D eigenvalue weighted by atomic mass is 16.5. The van der Waals surface area contributed by atoms with Gasteiger partial charge in [-0.3, -0.25) is 4.68 Å². The van der Waals surface area contributed by atoms with Crippen LogP contribution in [0.25, 0.3) is 0 Å². The molecule has 0 unspecified atom stereocenters. The average molecular weight is 290 g/mol. The number of nitrogens with one attached hydrogen (secondary N) is 1. The average Bonchev–Trinajstić information content (AvgIpc) is 2.90. The summed E-state index contributed by atoms with van der Waals surface area (Å²) in [5.74, 6) is 2.40. The monoisotopic (exact) mass is 290 g/mol. The first-order valence-electron chi connectivity index (χ1n) is 7.08. The summed E-state index contributed by atoms with van der Waals surface area (Å²) in [6.07, 6.45) is 2.53. The quantitative estimate of drug-likeness (QED) is 0.748. The van der Waals surface area contributed by atoms with E-state index in [0.717, 1.165) is 42.4 Å². The Hall–Kier alpha value is -2.08. The second-order valence-corrected chi connectivity index (χ2v) is 4.68. The Bertz CT molecular complexity index is 569. The molecule has 0 aliphatic carbocycles. The zero-order valence-corrected chi connectivity index (χ0v) is 12.8. The summed E-state index contributed by atoms with van der Waals surface area (Å²) >= 11 is 0. The van der Waals surface area contributed by atoms with Crippen molar-refractivity contribution in [2.24, 2.45) is 7.05 Å². The van der Waals surface area contributed by atoms with Crippen LogP contribution in [0.15, 0.2) is 24.5 Å². The molecule has 0 saturated carbocycles. The SMILES string of the molecule is CCOc1ccc(CNCCc2ncn(C)n2)cc1OC. The van der Waals surface area contributed by atoms with Crippen molar-refractivity contribution in [3.8, 4) is 11.5 Å². The van der Waals surface area contributed by atoms with Crippen molar-refractivity contribution in [2.75, 3.05) is 20.3 Å². The van der Waals surface area contributed by atoms with E-state index in [1.54, 1.807) is 18.1 Å². The molecule has 1 N–H and O–H groups in total. The van der Waals surface area contributed by atoms with Crippen molar-refractivity contribution < 1.29 is 9.47 Å². The van der Waals surface area contributed by atoms with Gasteiger partial charge >= 0.3 is 0 Å². The van der Waals surface area contributed by atoms with E-state index in [-0.39, 0.29) is 0 Å². The van der Waals surface area contributed by atoms with Gasteiger partial charge in [-0.05, 0) is 24.6 Å². The van der Waals surface area contributed by atoms with Gasteiger partial charge in [0.15, 0.2) is 17.3 Å². The maximum absolute atomic E-state index is 5.50. The smallest absolute Gasteiger partial charge is 0.161 e. The number of methoxy groups -OCH3 is 1. The molecule has 6 heteroatoms. The summed E-state index contributed by atoms with van der Waals surface area (Å²) in [6, 6.07) is 5.98. The first-order valence-corrected chi connectivity index (χ1v) is 7.08. The molecule has 1 heterocycles. The van der Waals surface area contributed by atoms with Crippen LogP contribution in [0.4, 0.5) is 0 Å². The Kier molecular flexibility index (Phi) is 5.57. The van der Waals surface area contributed by atoms with Crippen LogP contribution in [-0.4, -0.2) is 35.0 Å². The standard InChI is InChI=1S/C15H22N4O2/c1-4-21-13-6-5-12(9-14(13)20-3)10-16-8-7-15-17-11-19(2)18-15/h5-6,9,11,16H,4,7-8,10H2,1-3H3. The lowest BCUT2D eigenvalue weighted by Crippen LogP contribution is -2.17. The van der Waals surface area contributed by atoms with E-state index in [9.17, 15) is 0 Å². The lowest BCUT2D eigenvalue weighted by atomic mass is 10.2.